The Morgan fingerprint density at radius 2 is 1.87 bits per heavy atom. The number of Topliss-reactive ketones (excluding diaryl/α,β-unsaturated/α-hetero) is 1. The number of likely N-dealkylation sites (tertiary alicyclic amines) is 1. The first-order valence-electron chi connectivity index (χ1n) is 11.5. The van der Waals surface area contributed by atoms with Gasteiger partial charge in [-0.2, -0.15) is 0 Å². The minimum atomic E-state index is -0.384. The number of rotatable bonds is 12. The molecule has 2 fully saturated rings. The maximum atomic E-state index is 12.7. The van der Waals surface area contributed by atoms with Crippen molar-refractivity contribution in [2.45, 2.75) is 83.5 Å². The average molecular weight is 455 g/mol. The van der Waals surface area contributed by atoms with Gasteiger partial charge in [0.05, 0.1) is 10.9 Å². The number of amides is 3. The molecule has 1 unspecified atom stereocenters. The second-order valence-electron chi connectivity index (χ2n) is 9.28. The fourth-order valence-corrected chi connectivity index (χ4v) is 5.45. The van der Waals surface area contributed by atoms with E-state index in [4.69, 9.17) is 4.74 Å². The summed E-state index contributed by atoms with van der Waals surface area (Å²) in [6.07, 6.45) is 4.76. The molecule has 1 aliphatic carbocycles. The van der Waals surface area contributed by atoms with Crippen LogP contribution in [0.2, 0.25) is 0 Å². The monoisotopic (exact) mass is 454 g/mol. The molecule has 2 aliphatic rings. The molecule has 0 aromatic rings. The highest BCUT2D eigenvalue weighted by Gasteiger charge is 2.40. The molecule has 1 heterocycles. The number of nitrogens with one attached hydrogen (secondary N) is 1. The topological polar surface area (TPSA) is 92.8 Å². The van der Waals surface area contributed by atoms with E-state index in [1.165, 1.54) is 16.7 Å². The predicted molar refractivity (Wildman–Crippen MR) is 122 cm³/mol. The third-order valence-corrected chi connectivity index (χ3v) is 7.51. The molecule has 31 heavy (non-hydrogen) atoms. The molecule has 1 saturated heterocycles. The van der Waals surface area contributed by atoms with Gasteiger partial charge in [-0.25, -0.2) is 0 Å². The summed E-state index contributed by atoms with van der Waals surface area (Å²) >= 11 is 1.40. The third-order valence-electron chi connectivity index (χ3n) is 6.30. The third kappa shape index (κ3) is 8.22. The van der Waals surface area contributed by atoms with Crippen LogP contribution in [0, 0.1) is 11.8 Å². The highest BCUT2D eigenvalue weighted by molar-refractivity contribution is 8.00. The van der Waals surface area contributed by atoms with Gasteiger partial charge in [-0.05, 0) is 65.7 Å². The van der Waals surface area contributed by atoms with Crippen molar-refractivity contribution in [2.75, 3.05) is 25.4 Å². The standard InChI is InChI=1S/C23H38N2O5S/c1-5-30-23(3,4)11-12-24-20(27)10-13-31-19-14-21(28)25(22(19)29)15-17-6-8-18(9-7-17)16(2)26/h17-19H,5-15H2,1-4H3,(H,24,27). The average Bonchev–Trinajstić information content (AvgIpc) is 2.96. The first kappa shape index (κ1) is 25.8. The molecule has 2 rings (SSSR count). The minimum absolute atomic E-state index is 0.0457. The van der Waals surface area contributed by atoms with Gasteiger partial charge >= 0.3 is 0 Å². The molecule has 0 aromatic carbocycles. The van der Waals surface area contributed by atoms with Crippen LogP contribution in [0.4, 0.5) is 0 Å². The van der Waals surface area contributed by atoms with E-state index in [0.29, 0.717) is 37.8 Å². The van der Waals surface area contributed by atoms with Crippen molar-refractivity contribution < 1.29 is 23.9 Å². The highest BCUT2D eigenvalue weighted by atomic mass is 32.2. The molecule has 0 bridgehead atoms. The lowest BCUT2D eigenvalue weighted by Crippen LogP contribution is -2.37. The molecule has 0 aromatic heterocycles. The number of hydrogen-bond donors (Lipinski definition) is 1. The Morgan fingerprint density at radius 1 is 1.19 bits per heavy atom. The Hall–Kier alpha value is -1.41. The van der Waals surface area contributed by atoms with Gasteiger partial charge in [-0.15, -0.1) is 11.8 Å². The van der Waals surface area contributed by atoms with E-state index in [1.807, 2.05) is 20.8 Å². The first-order valence-corrected chi connectivity index (χ1v) is 12.5. The van der Waals surface area contributed by atoms with Crippen LogP contribution in [-0.2, 0) is 23.9 Å². The molecule has 3 amide bonds. The van der Waals surface area contributed by atoms with E-state index in [1.54, 1.807) is 6.92 Å². The molecule has 176 valence electrons. The van der Waals surface area contributed by atoms with Gasteiger partial charge in [0.25, 0.3) is 0 Å². The van der Waals surface area contributed by atoms with Gasteiger partial charge in [-0.3, -0.25) is 24.1 Å². The van der Waals surface area contributed by atoms with Crippen LogP contribution in [-0.4, -0.2) is 64.7 Å². The number of nitrogens with zero attached hydrogens (tertiary/aromatic N) is 1. The molecular formula is C23H38N2O5S. The summed E-state index contributed by atoms with van der Waals surface area (Å²) in [5.41, 5.74) is -0.262. The van der Waals surface area contributed by atoms with E-state index in [0.717, 1.165) is 32.1 Å². The zero-order valence-electron chi connectivity index (χ0n) is 19.4. The number of hydrogen-bond acceptors (Lipinski definition) is 6. The van der Waals surface area contributed by atoms with Gasteiger partial charge in [0.2, 0.25) is 17.7 Å². The quantitative estimate of drug-likeness (QED) is 0.456. The molecule has 0 radical (unpaired) electrons. The lowest BCUT2D eigenvalue weighted by atomic mass is 9.80. The molecule has 1 atom stereocenters. The summed E-state index contributed by atoms with van der Waals surface area (Å²) in [5, 5.41) is 2.51. The van der Waals surface area contributed by atoms with Gasteiger partial charge in [-0.1, -0.05) is 0 Å². The van der Waals surface area contributed by atoms with E-state index in [2.05, 4.69) is 5.32 Å². The van der Waals surface area contributed by atoms with Gasteiger partial charge < -0.3 is 10.1 Å². The van der Waals surface area contributed by atoms with Crippen LogP contribution in [0.1, 0.15) is 72.6 Å². The minimum Gasteiger partial charge on any atom is -0.376 e. The molecule has 0 spiro atoms. The summed E-state index contributed by atoms with van der Waals surface area (Å²) < 4.78 is 5.62. The van der Waals surface area contributed by atoms with Crippen LogP contribution in [0.3, 0.4) is 0 Å². The lowest BCUT2D eigenvalue weighted by molar-refractivity contribution is -0.139. The lowest BCUT2D eigenvalue weighted by Gasteiger charge is -2.29. The molecule has 8 heteroatoms. The van der Waals surface area contributed by atoms with Crippen molar-refractivity contribution >= 4 is 35.3 Å². The van der Waals surface area contributed by atoms with E-state index >= 15 is 0 Å². The van der Waals surface area contributed by atoms with Crippen molar-refractivity contribution in [1.82, 2.24) is 10.2 Å². The van der Waals surface area contributed by atoms with Crippen molar-refractivity contribution in [3.05, 3.63) is 0 Å². The summed E-state index contributed by atoms with van der Waals surface area (Å²) in [5.74, 6) is 0.907. The van der Waals surface area contributed by atoms with E-state index in [9.17, 15) is 19.2 Å². The van der Waals surface area contributed by atoms with Crippen LogP contribution in [0.15, 0.2) is 0 Å². The zero-order chi connectivity index (χ0) is 23.0. The second-order valence-corrected chi connectivity index (χ2v) is 10.6. The summed E-state index contributed by atoms with van der Waals surface area (Å²) in [4.78, 5) is 50.1. The number of ether oxygens (including phenoxy) is 1. The van der Waals surface area contributed by atoms with Crippen LogP contribution < -0.4 is 5.32 Å². The maximum absolute atomic E-state index is 12.7. The fourth-order valence-electron chi connectivity index (χ4n) is 4.33. The Balaban J connectivity index is 1.67. The Kier molecular flexibility index (Phi) is 10.0. The number of thioether (sulfide) groups is 1. The zero-order valence-corrected chi connectivity index (χ0v) is 20.2. The predicted octanol–water partition coefficient (Wildman–Crippen LogP) is 2.95. The van der Waals surface area contributed by atoms with Crippen LogP contribution in [0.5, 0.6) is 0 Å². The van der Waals surface area contributed by atoms with Gasteiger partial charge in [0, 0.05) is 44.2 Å². The van der Waals surface area contributed by atoms with Crippen molar-refractivity contribution in [2.24, 2.45) is 11.8 Å². The maximum Gasteiger partial charge on any atom is 0.242 e. The van der Waals surface area contributed by atoms with Gasteiger partial charge in [0.1, 0.15) is 5.78 Å². The van der Waals surface area contributed by atoms with Crippen molar-refractivity contribution in [3.63, 3.8) is 0 Å². The molecule has 7 nitrogen and oxygen atoms in total. The molecule has 1 aliphatic heterocycles. The Bertz CT molecular complexity index is 658. The van der Waals surface area contributed by atoms with Crippen molar-refractivity contribution in [3.8, 4) is 0 Å². The van der Waals surface area contributed by atoms with E-state index < -0.39 is 0 Å². The smallest absolute Gasteiger partial charge is 0.242 e. The Morgan fingerprint density at radius 3 is 2.48 bits per heavy atom. The molecule has 1 saturated carbocycles. The van der Waals surface area contributed by atoms with Crippen LogP contribution >= 0.6 is 11.8 Å². The highest BCUT2D eigenvalue weighted by Crippen LogP contribution is 2.32. The number of carbonyl (C=O) groups is 4. The number of imide groups is 1. The largest absolute Gasteiger partial charge is 0.376 e. The van der Waals surface area contributed by atoms with Crippen LogP contribution in [0.25, 0.3) is 0 Å². The molecule has 1 N–H and O–H groups in total. The fraction of sp³-hybridized carbons (Fsp3) is 0.826. The number of ketones is 1. The Labute approximate surface area is 190 Å². The summed E-state index contributed by atoms with van der Waals surface area (Å²) in [7, 11) is 0. The summed E-state index contributed by atoms with van der Waals surface area (Å²) in [6.45, 7) is 9.26. The first-order chi connectivity index (χ1) is 14.6. The number of carbonyl (C=O) groups excluding carboxylic acids is 4. The molecular weight excluding hydrogens is 416 g/mol. The van der Waals surface area contributed by atoms with Crippen molar-refractivity contribution in [1.29, 1.82) is 0 Å². The SMILES string of the molecule is CCOC(C)(C)CCNC(=O)CCSC1CC(=O)N(CC2CCC(C(C)=O)CC2)C1=O. The summed E-state index contributed by atoms with van der Waals surface area (Å²) in [6, 6.07) is 0. The second kappa shape index (κ2) is 12.0. The van der Waals surface area contributed by atoms with Gasteiger partial charge in [0.15, 0.2) is 0 Å². The normalized spacial score (nSPS) is 24.5. The van der Waals surface area contributed by atoms with E-state index in [-0.39, 0.29) is 46.7 Å².